The number of aromatic hydroxyl groups is 1. The Balaban J connectivity index is 1.64. The van der Waals surface area contributed by atoms with Gasteiger partial charge < -0.3 is 20.1 Å². The number of methoxy groups -OCH3 is 1. The number of nitrogens with zero attached hydrogens (tertiary/aromatic N) is 3. The van der Waals surface area contributed by atoms with Crippen molar-refractivity contribution in [2.45, 2.75) is 26.7 Å². The Morgan fingerprint density at radius 1 is 1.18 bits per heavy atom. The lowest BCUT2D eigenvalue weighted by molar-refractivity contribution is -0.120. The summed E-state index contributed by atoms with van der Waals surface area (Å²) in [6.45, 7) is 5.23. The van der Waals surface area contributed by atoms with E-state index in [-0.39, 0.29) is 28.8 Å². The number of ether oxygens (including phenoxy) is 1. The molecule has 0 saturated carbocycles. The minimum Gasteiger partial charge on any atom is -0.505 e. The third kappa shape index (κ3) is 4.21. The third-order valence-electron chi connectivity index (χ3n) is 4.82. The Morgan fingerprint density at radius 2 is 1.82 bits per heavy atom. The van der Waals surface area contributed by atoms with E-state index in [0.29, 0.717) is 31.9 Å². The van der Waals surface area contributed by atoms with E-state index in [0.717, 1.165) is 11.4 Å². The molecule has 0 aliphatic carbocycles. The van der Waals surface area contributed by atoms with Gasteiger partial charge in [0.05, 0.1) is 12.8 Å². The zero-order chi connectivity index (χ0) is 20.3. The molecular formula is C20H24N4O4. The summed E-state index contributed by atoms with van der Waals surface area (Å²) >= 11 is 0. The van der Waals surface area contributed by atoms with Gasteiger partial charge in [-0.3, -0.25) is 4.79 Å². The van der Waals surface area contributed by atoms with Gasteiger partial charge in [0.25, 0.3) is 0 Å². The number of anilines is 2. The second-order valence-corrected chi connectivity index (χ2v) is 6.89. The minimum atomic E-state index is -0.657. The molecule has 0 bridgehead atoms. The van der Waals surface area contributed by atoms with Gasteiger partial charge in [-0.15, -0.1) is 0 Å². The Labute approximate surface area is 163 Å². The summed E-state index contributed by atoms with van der Waals surface area (Å²) in [5, 5.41) is 13.0. The number of carbonyl (C=O) groups excluding carboxylic acids is 2. The number of aryl methyl sites for hydroxylation is 2. The molecule has 8 nitrogen and oxygen atoms in total. The molecule has 1 aliphatic heterocycles. The number of rotatable bonds is 4. The van der Waals surface area contributed by atoms with Gasteiger partial charge in [-0.1, -0.05) is 6.07 Å². The van der Waals surface area contributed by atoms with Crippen molar-refractivity contribution in [3.63, 3.8) is 0 Å². The predicted octanol–water partition coefficient (Wildman–Crippen LogP) is 2.44. The Kier molecular flexibility index (Phi) is 5.77. The van der Waals surface area contributed by atoms with E-state index in [4.69, 9.17) is 0 Å². The van der Waals surface area contributed by atoms with Crippen molar-refractivity contribution in [3.05, 3.63) is 41.2 Å². The fourth-order valence-corrected chi connectivity index (χ4v) is 3.34. The van der Waals surface area contributed by atoms with Crippen LogP contribution >= 0.6 is 0 Å². The van der Waals surface area contributed by atoms with E-state index < -0.39 is 5.97 Å². The van der Waals surface area contributed by atoms with Crippen molar-refractivity contribution in [1.29, 1.82) is 0 Å². The molecule has 0 atom stereocenters. The van der Waals surface area contributed by atoms with E-state index in [1.54, 1.807) is 12.1 Å². The average molecular weight is 384 g/mol. The van der Waals surface area contributed by atoms with Crippen LogP contribution in [0.15, 0.2) is 24.3 Å². The summed E-state index contributed by atoms with van der Waals surface area (Å²) < 4.78 is 4.63. The topological polar surface area (TPSA) is 105 Å². The number of para-hydroxylation sites is 1. The maximum Gasteiger partial charge on any atom is 0.341 e. The molecule has 0 spiro atoms. The molecule has 1 amide bonds. The van der Waals surface area contributed by atoms with Crippen molar-refractivity contribution < 1.29 is 19.4 Å². The Morgan fingerprint density at radius 3 is 2.43 bits per heavy atom. The van der Waals surface area contributed by atoms with E-state index in [1.807, 2.05) is 19.9 Å². The SMILES string of the molecule is COC(=O)c1cccc(NC(=O)C2CCN(c3nc(C)cc(C)n3)CC2)c1O. The number of hydrogen-bond donors (Lipinski definition) is 2. The molecule has 1 fully saturated rings. The van der Waals surface area contributed by atoms with Gasteiger partial charge in [0, 0.05) is 30.4 Å². The third-order valence-corrected chi connectivity index (χ3v) is 4.82. The number of piperidine rings is 1. The second-order valence-electron chi connectivity index (χ2n) is 6.89. The van der Waals surface area contributed by atoms with Crippen LogP contribution in [0.25, 0.3) is 0 Å². The summed E-state index contributed by atoms with van der Waals surface area (Å²) in [6, 6.07) is 6.51. The predicted molar refractivity (Wildman–Crippen MR) is 105 cm³/mol. The molecule has 148 valence electrons. The number of benzene rings is 1. The van der Waals surface area contributed by atoms with Crippen molar-refractivity contribution in [2.24, 2.45) is 5.92 Å². The number of aromatic nitrogens is 2. The summed E-state index contributed by atoms with van der Waals surface area (Å²) in [5.41, 5.74) is 2.06. The first-order valence-electron chi connectivity index (χ1n) is 9.17. The van der Waals surface area contributed by atoms with Crippen molar-refractivity contribution >= 4 is 23.5 Å². The lowest BCUT2D eigenvalue weighted by atomic mass is 9.96. The lowest BCUT2D eigenvalue weighted by Crippen LogP contribution is -2.39. The Hall–Kier alpha value is -3.16. The number of phenols is 1. The van der Waals surface area contributed by atoms with Crippen LogP contribution in [0, 0.1) is 19.8 Å². The average Bonchev–Trinajstić information content (AvgIpc) is 2.68. The molecule has 2 aromatic rings. The standard InChI is InChI=1S/C20H24N4O4/c1-12-11-13(2)22-20(21-12)24-9-7-14(8-10-24)18(26)23-16-6-4-5-15(17(16)25)19(27)28-3/h4-6,11,14,25H,7-10H2,1-3H3,(H,23,26). The highest BCUT2D eigenvalue weighted by molar-refractivity contribution is 5.99. The number of hydrogen-bond acceptors (Lipinski definition) is 7. The summed E-state index contributed by atoms with van der Waals surface area (Å²) in [5.74, 6) is -0.624. The van der Waals surface area contributed by atoms with Crippen LogP contribution in [0.2, 0.25) is 0 Å². The normalized spacial score (nSPS) is 14.6. The smallest absolute Gasteiger partial charge is 0.341 e. The van der Waals surface area contributed by atoms with Gasteiger partial charge in [0.1, 0.15) is 5.56 Å². The van der Waals surface area contributed by atoms with Crippen LogP contribution in [-0.2, 0) is 9.53 Å². The molecule has 8 heteroatoms. The maximum atomic E-state index is 12.6. The zero-order valence-electron chi connectivity index (χ0n) is 16.2. The van der Waals surface area contributed by atoms with Crippen LogP contribution < -0.4 is 10.2 Å². The number of carbonyl (C=O) groups is 2. The highest BCUT2D eigenvalue weighted by atomic mass is 16.5. The second kappa shape index (κ2) is 8.24. The van der Waals surface area contributed by atoms with Gasteiger partial charge in [-0.05, 0) is 44.9 Å². The number of amides is 1. The van der Waals surface area contributed by atoms with Crippen LogP contribution in [-0.4, -0.2) is 47.2 Å². The first-order chi connectivity index (χ1) is 13.4. The molecule has 2 heterocycles. The number of esters is 1. The maximum absolute atomic E-state index is 12.6. The van der Waals surface area contributed by atoms with E-state index >= 15 is 0 Å². The molecular weight excluding hydrogens is 360 g/mol. The highest BCUT2D eigenvalue weighted by Crippen LogP contribution is 2.29. The Bertz CT molecular complexity index is 872. The molecule has 28 heavy (non-hydrogen) atoms. The molecule has 0 unspecified atom stereocenters. The summed E-state index contributed by atoms with van der Waals surface area (Å²) in [7, 11) is 1.24. The van der Waals surface area contributed by atoms with Crippen molar-refractivity contribution in [3.8, 4) is 5.75 Å². The molecule has 1 aromatic carbocycles. The van der Waals surface area contributed by atoms with Crippen LogP contribution in [0.5, 0.6) is 5.75 Å². The number of phenolic OH excluding ortho intramolecular Hbond substituents is 1. The molecule has 1 saturated heterocycles. The summed E-state index contributed by atoms with van der Waals surface area (Å²) in [4.78, 5) is 35.4. The molecule has 1 aromatic heterocycles. The van der Waals surface area contributed by atoms with Crippen LogP contribution in [0.1, 0.15) is 34.6 Å². The fourth-order valence-electron chi connectivity index (χ4n) is 3.34. The zero-order valence-corrected chi connectivity index (χ0v) is 16.2. The first kappa shape index (κ1) is 19.6. The molecule has 3 rings (SSSR count). The largest absolute Gasteiger partial charge is 0.505 e. The van der Waals surface area contributed by atoms with Gasteiger partial charge in [0.2, 0.25) is 11.9 Å². The monoisotopic (exact) mass is 384 g/mol. The van der Waals surface area contributed by atoms with E-state index in [9.17, 15) is 14.7 Å². The summed E-state index contributed by atoms with van der Waals surface area (Å²) in [6.07, 6.45) is 1.30. The first-order valence-corrected chi connectivity index (χ1v) is 9.17. The molecule has 0 radical (unpaired) electrons. The highest BCUT2D eigenvalue weighted by Gasteiger charge is 2.27. The van der Waals surface area contributed by atoms with Gasteiger partial charge in [-0.25, -0.2) is 14.8 Å². The fraction of sp³-hybridized carbons (Fsp3) is 0.400. The van der Waals surface area contributed by atoms with Crippen molar-refractivity contribution in [1.82, 2.24) is 9.97 Å². The van der Waals surface area contributed by atoms with Gasteiger partial charge in [0.15, 0.2) is 5.75 Å². The van der Waals surface area contributed by atoms with Crippen LogP contribution in [0.4, 0.5) is 11.6 Å². The lowest BCUT2D eigenvalue weighted by Gasteiger charge is -2.31. The van der Waals surface area contributed by atoms with Gasteiger partial charge >= 0.3 is 5.97 Å². The van der Waals surface area contributed by atoms with E-state index in [1.165, 1.54) is 13.2 Å². The van der Waals surface area contributed by atoms with E-state index in [2.05, 4.69) is 24.9 Å². The van der Waals surface area contributed by atoms with Gasteiger partial charge in [-0.2, -0.15) is 0 Å². The molecule has 2 N–H and O–H groups in total. The van der Waals surface area contributed by atoms with Crippen LogP contribution in [0.3, 0.4) is 0 Å². The quantitative estimate of drug-likeness (QED) is 0.616. The molecule has 1 aliphatic rings. The van der Waals surface area contributed by atoms with Crippen molar-refractivity contribution in [2.75, 3.05) is 30.4 Å². The minimum absolute atomic E-state index is 0.0158. The number of nitrogens with one attached hydrogen (secondary N) is 1.